The average Bonchev–Trinajstić information content (AvgIpc) is 3.07. The second kappa shape index (κ2) is 7.50. The van der Waals surface area contributed by atoms with Gasteiger partial charge in [-0.3, -0.25) is 4.98 Å². The highest BCUT2D eigenvalue weighted by atomic mass is 35.5. The lowest BCUT2D eigenvalue weighted by Gasteiger charge is -2.10. The molecule has 0 aliphatic heterocycles. The van der Waals surface area contributed by atoms with Gasteiger partial charge in [0.25, 0.3) is 0 Å². The van der Waals surface area contributed by atoms with Crippen molar-refractivity contribution in [1.82, 2.24) is 15.0 Å². The SMILES string of the molecule is COc1ccc(CNc2nc(-c3ccncc3)nc3sc(C)cc23)cc1Cl. The van der Waals surface area contributed by atoms with Gasteiger partial charge in [0.2, 0.25) is 0 Å². The monoisotopic (exact) mass is 396 g/mol. The van der Waals surface area contributed by atoms with Crippen LogP contribution in [0.4, 0.5) is 5.82 Å². The van der Waals surface area contributed by atoms with Crippen LogP contribution in [-0.2, 0) is 6.54 Å². The quantitative estimate of drug-likeness (QED) is 0.493. The summed E-state index contributed by atoms with van der Waals surface area (Å²) < 4.78 is 5.21. The number of aryl methyl sites for hydroxylation is 1. The van der Waals surface area contributed by atoms with Crippen LogP contribution in [0, 0.1) is 6.92 Å². The molecule has 0 atom stereocenters. The summed E-state index contributed by atoms with van der Waals surface area (Å²) in [6, 6.07) is 11.7. The summed E-state index contributed by atoms with van der Waals surface area (Å²) in [4.78, 5) is 15.7. The minimum atomic E-state index is 0.591. The van der Waals surface area contributed by atoms with Crippen LogP contribution in [-0.4, -0.2) is 22.1 Å². The molecule has 5 nitrogen and oxygen atoms in total. The van der Waals surface area contributed by atoms with E-state index < -0.39 is 0 Å². The number of thiophene rings is 1. The maximum atomic E-state index is 6.23. The van der Waals surface area contributed by atoms with Crippen LogP contribution in [0.25, 0.3) is 21.6 Å². The van der Waals surface area contributed by atoms with Crippen molar-refractivity contribution in [2.75, 3.05) is 12.4 Å². The average molecular weight is 397 g/mol. The maximum Gasteiger partial charge on any atom is 0.163 e. The molecule has 3 aromatic heterocycles. The van der Waals surface area contributed by atoms with Crippen molar-refractivity contribution in [3.05, 3.63) is 64.3 Å². The van der Waals surface area contributed by atoms with Crippen LogP contribution in [0.3, 0.4) is 0 Å². The predicted molar refractivity (Wildman–Crippen MR) is 111 cm³/mol. The molecule has 7 heteroatoms. The number of nitrogens with zero attached hydrogens (tertiary/aromatic N) is 3. The Morgan fingerprint density at radius 3 is 2.67 bits per heavy atom. The third kappa shape index (κ3) is 3.72. The fraction of sp³-hybridized carbons (Fsp3) is 0.150. The van der Waals surface area contributed by atoms with Crippen LogP contribution >= 0.6 is 22.9 Å². The van der Waals surface area contributed by atoms with Gasteiger partial charge in [0.05, 0.1) is 17.5 Å². The van der Waals surface area contributed by atoms with Gasteiger partial charge in [0.15, 0.2) is 5.82 Å². The van der Waals surface area contributed by atoms with Gasteiger partial charge in [-0.15, -0.1) is 11.3 Å². The number of ether oxygens (including phenoxy) is 1. The smallest absolute Gasteiger partial charge is 0.163 e. The zero-order valence-electron chi connectivity index (χ0n) is 14.9. The summed E-state index contributed by atoms with van der Waals surface area (Å²) in [6.45, 7) is 2.67. The van der Waals surface area contributed by atoms with E-state index in [9.17, 15) is 0 Å². The second-order valence-corrected chi connectivity index (χ2v) is 7.67. The van der Waals surface area contributed by atoms with Crippen LogP contribution in [0.1, 0.15) is 10.4 Å². The van der Waals surface area contributed by atoms with Gasteiger partial charge in [-0.25, -0.2) is 9.97 Å². The summed E-state index contributed by atoms with van der Waals surface area (Å²) in [5, 5.41) is 5.05. The molecule has 0 bridgehead atoms. The highest BCUT2D eigenvalue weighted by Crippen LogP contribution is 2.31. The zero-order chi connectivity index (χ0) is 18.8. The molecule has 4 aromatic rings. The molecule has 4 rings (SSSR count). The Hall–Kier alpha value is -2.70. The molecule has 0 aliphatic carbocycles. The first-order chi connectivity index (χ1) is 13.1. The molecule has 0 radical (unpaired) electrons. The Bertz CT molecular complexity index is 1100. The zero-order valence-corrected chi connectivity index (χ0v) is 16.4. The minimum absolute atomic E-state index is 0.591. The van der Waals surface area contributed by atoms with Gasteiger partial charge in [-0.05, 0) is 42.8 Å². The Morgan fingerprint density at radius 2 is 1.93 bits per heavy atom. The molecule has 0 aliphatic rings. The Morgan fingerprint density at radius 1 is 1.11 bits per heavy atom. The third-order valence-electron chi connectivity index (χ3n) is 4.13. The first kappa shape index (κ1) is 17.7. The van der Waals surface area contributed by atoms with Gasteiger partial charge < -0.3 is 10.1 Å². The van der Waals surface area contributed by atoms with Gasteiger partial charge >= 0.3 is 0 Å². The molecule has 1 N–H and O–H groups in total. The number of methoxy groups -OCH3 is 1. The molecule has 27 heavy (non-hydrogen) atoms. The van der Waals surface area contributed by atoms with E-state index in [0.717, 1.165) is 27.2 Å². The normalized spacial score (nSPS) is 10.9. The molecule has 0 saturated heterocycles. The number of benzene rings is 1. The van der Waals surface area contributed by atoms with Crippen molar-refractivity contribution in [1.29, 1.82) is 0 Å². The van der Waals surface area contributed by atoms with Crippen LogP contribution in [0.2, 0.25) is 5.02 Å². The predicted octanol–water partition coefficient (Wildman–Crippen LogP) is 5.34. The molecule has 0 unspecified atom stereocenters. The number of fused-ring (bicyclic) bond motifs is 1. The van der Waals surface area contributed by atoms with E-state index in [1.54, 1.807) is 30.8 Å². The number of nitrogens with one attached hydrogen (secondary N) is 1. The largest absolute Gasteiger partial charge is 0.495 e. The van der Waals surface area contributed by atoms with Gasteiger partial charge in [-0.2, -0.15) is 0 Å². The van der Waals surface area contributed by atoms with E-state index in [-0.39, 0.29) is 0 Å². The lowest BCUT2D eigenvalue weighted by atomic mass is 10.2. The van der Waals surface area contributed by atoms with E-state index in [2.05, 4.69) is 23.3 Å². The van der Waals surface area contributed by atoms with E-state index in [4.69, 9.17) is 26.3 Å². The summed E-state index contributed by atoms with van der Waals surface area (Å²) in [5.74, 6) is 2.16. The summed E-state index contributed by atoms with van der Waals surface area (Å²) in [5.41, 5.74) is 1.98. The van der Waals surface area contributed by atoms with Crippen molar-refractivity contribution in [2.45, 2.75) is 13.5 Å². The van der Waals surface area contributed by atoms with E-state index in [1.807, 2.05) is 30.3 Å². The Balaban J connectivity index is 1.69. The van der Waals surface area contributed by atoms with Crippen LogP contribution in [0.5, 0.6) is 5.75 Å². The van der Waals surface area contributed by atoms with E-state index in [1.165, 1.54) is 4.88 Å². The second-order valence-electron chi connectivity index (χ2n) is 6.03. The molecule has 0 saturated carbocycles. The highest BCUT2D eigenvalue weighted by molar-refractivity contribution is 7.18. The van der Waals surface area contributed by atoms with E-state index >= 15 is 0 Å². The summed E-state index contributed by atoms with van der Waals surface area (Å²) in [6.07, 6.45) is 3.49. The first-order valence-electron chi connectivity index (χ1n) is 8.39. The van der Waals surface area contributed by atoms with Crippen molar-refractivity contribution < 1.29 is 4.74 Å². The standard InChI is InChI=1S/C20H17ClN4OS/c1-12-9-15-19(23-11-13-3-4-17(26-2)16(21)10-13)24-18(25-20(15)27-12)14-5-7-22-8-6-14/h3-10H,11H2,1-2H3,(H,23,24,25). The fourth-order valence-corrected chi connectivity index (χ4v) is 3.97. The Kier molecular flexibility index (Phi) is 4.92. The molecular weight excluding hydrogens is 380 g/mol. The lowest BCUT2D eigenvalue weighted by Crippen LogP contribution is -2.03. The number of anilines is 1. The highest BCUT2D eigenvalue weighted by Gasteiger charge is 2.12. The fourth-order valence-electron chi connectivity index (χ4n) is 2.81. The molecule has 0 spiro atoms. The minimum Gasteiger partial charge on any atom is -0.495 e. The van der Waals surface area contributed by atoms with Gasteiger partial charge in [-0.1, -0.05) is 17.7 Å². The number of pyridine rings is 1. The maximum absolute atomic E-state index is 6.23. The summed E-state index contributed by atoms with van der Waals surface area (Å²) in [7, 11) is 1.61. The number of halogens is 1. The first-order valence-corrected chi connectivity index (χ1v) is 9.58. The molecule has 3 heterocycles. The summed E-state index contributed by atoms with van der Waals surface area (Å²) >= 11 is 7.89. The number of rotatable bonds is 5. The van der Waals surface area contributed by atoms with E-state index in [0.29, 0.717) is 23.1 Å². The van der Waals surface area contributed by atoms with Crippen molar-refractivity contribution in [2.24, 2.45) is 0 Å². The topological polar surface area (TPSA) is 59.9 Å². The van der Waals surface area contributed by atoms with Gasteiger partial charge in [0.1, 0.15) is 16.4 Å². The molecular formula is C20H17ClN4OS. The van der Waals surface area contributed by atoms with Crippen LogP contribution < -0.4 is 10.1 Å². The van der Waals surface area contributed by atoms with Crippen LogP contribution in [0.15, 0.2) is 48.8 Å². The van der Waals surface area contributed by atoms with Gasteiger partial charge in [0, 0.05) is 29.4 Å². The number of aromatic nitrogens is 3. The van der Waals surface area contributed by atoms with Crippen molar-refractivity contribution >= 4 is 39.0 Å². The third-order valence-corrected chi connectivity index (χ3v) is 5.37. The molecule has 0 amide bonds. The number of hydrogen-bond acceptors (Lipinski definition) is 6. The molecule has 1 aromatic carbocycles. The van der Waals surface area contributed by atoms with Crippen molar-refractivity contribution in [3.8, 4) is 17.1 Å². The molecule has 136 valence electrons. The molecule has 0 fully saturated rings. The Labute approximate surface area is 166 Å². The van der Waals surface area contributed by atoms with Crippen molar-refractivity contribution in [3.63, 3.8) is 0 Å². The lowest BCUT2D eigenvalue weighted by molar-refractivity contribution is 0.415. The number of hydrogen-bond donors (Lipinski definition) is 1.